The molecule has 0 N–H and O–H groups in total. The molecule has 18 heavy (non-hydrogen) atoms. The second-order valence-electron chi connectivity index (χ2n) is 7.11. The van der Waals surface area contributed by atoms with E-state index in [1.165, 1.54) is 44.9 Å². The average Bonchev–Trinajstić information content (AvgIpc) is 3.15. The van der Waals surface area contributed by atoms with Crippen LogP contribution < -0.4 is 0 Å². The number of rotatable bonds is 9. The maximum absolute atomic E-state index is 2.51. The molecule has 0 amide bonds. The van der Waals surface area contributed by atoms with Crippen LogP contribution in [0.4, 0.5) is 0 Å². The minimum absolute atomic E-state index is 0.568. The predicted octanol–water partition coefficient (Wildman–Crippen LogP) is 6.26. The molecule has 0 nitrogen and oxygen atoms in total. The molecular weight excluding hydrogens is 216 g/mol. The molecule has 2 atom stereocenters. The maximum Gasteiger partial charge on any atom is -0.0182 e. The summed E-state index contributed by atoms with van der Waals surface area (Å²) in [6.45, 7) is 14.5. The first-order chi connectivity index (χ1) is 8.48. The van der Waals surface area contributed by atoms with Gasteiger partial charge in [-0.25, -0.2) is 0 Å². The van der Waals surface area contributed by atoms with Crippen LogP contribution in [0, 0.1) is 29.1 Å². The van der Waals surface area contributed by atoms with E-state index in [4.69, 9.17) is 0 Å². The first kappa shape index (κ1) is 16.1. The number of unbranched alkanes of at least 4 members (excludes halogenated alkanes) is 1. The van der Waals surface area contributed by atoms with Crippen molar-refractivity contribution >= 4 is 0 Å². The van der Waals surface area contributed by atoms with Gasteiger partial charge in [-0.1, -0.05) is 60.8 Å². The van der Waals surface area contributed by atoms with Gasteiger partial charge in [0.1, 0.15) is 0 Å². The second kappa shape index (κ2) is 6.96. The predicted molar refractivity (Wildman–Crippen MR) is 82.5 cm³/mol. The fourth-order valence-corrected chi connectivity index (χ4v) is 4.03. The molecule has 0 bridgehead atoms. The lowest BCUT2D eigenvalue weighted by molar-refractivity contribution is 0.108. The molecule has 1 rings (SSSR count). The lowest BCUT2D eigenvalue weighted by Gasteiger charge is -2.46. The van der Waals surface area contributed by atoms with Gasteiger partial charge in [0.25, 0.3) is 0 Å². The fourth-order valence-electron chi connectivity index (χ4n) is 4.03. The Hall–Kier alpha value is 0. The SMILES string of the molecule is CCCC[C](C)C(CC(C)C)(C(C)CC)C1CC1. The molecular formula is C18H35. The summed E-state index contributed by atoms with van der Waals surface area (Å²) in [4.78, 5) is 0. The fraction of sp³-hybridized carbons (Fsp3) is 0.944. The molecule has 1 saturated carbocycles. The van der Waals surface area contributed by atoms with Gasteiger partial charge in [-0.3, -0.25) is 0 Å². The van der Waals surface area contributed by atoms with Crippen LogP contribution in [0.3, 0.4) is 0 Å². The van der Waals surface area contributed by atoms with Crippen molar-refractivity contribution in [2.45, 2.75) is 86.5 Å². The highest BCUT2D eigenvalue weighted by atomic mass is 14.6. The smallest absolute Gasteiger partial charge is 0.0182 e. The number of hydrogen-bond donors (Lipinski definition) is 0. The lowest BCUT2D eigenvalue weighted by atomic mass is 9.59. The van der Waals surface area contributed by atoms with E-state index in [9.17, 15) is 0 Å². The molecule has 0 aromatic heterocycles. The minimum atomic E-state index is 0.568. The summed E-state index contributed by atoms with van der Waals surface area (Å²) in [6.07, 6.45) is 9.81. The molecule has 0 heteroatoms. The summed E-state index contributed by atoms with van der Waals surface area (Å²) in [5, 5.41) is 0. The highest BCUT2D eigenvalue weighted by Crippen LogP contribution is 2.60. The van der Waals surface area contributed by atoms with Crippen LogP contribution in [-0.4, -0.2) is 0 Å². The first-order valence-corrected chi connectivity index (χ1v) is 8.31. The highest BCUT2D eigenvalue weighted by Gasteiger charge is 2.51. The molecule has 0 heterocycles. The van der Waals surface area contributed by atoms with Gasteiger partial charge in [0.2, 0.25) is 0 Å². The van der Waals surface area contributed by atoms with Gasteiger partial charge in [0, 0.05) is 0 Å². The third-order valence-electron chi connectivity index (χ3n) is 5.24. The van der Waals surface area contributed by atoms with Crippen LogP contribution in [0.25, 0.3) is 0 Å². The van der Waals surface area contributed by atoms with Crippen LogP contribution in [0.2, 0.25) is 0 Å². The normalized spacial score (nSPS) is 21.3. The topological polar surface area (TPSA) is 0 Å². The third kappa shape index (κ3) is 3.52. The monoisotopic (exact) mass is 251 g/mol. The summed E-state index contributed by atoms with van der Waals surface area (Å²) in [5.41, 5.74) is 0.568. The van der Waals surface area contributed by atoms with Crippen LogP contribution in [0.5, 0.6) is 0 Å². The molecule has 0 aliphatic heterocycles. The van der Waals surface area contributed by atoms with E-state index in [1.54, 1.807) is 0 Å². The molecule has 1 aliphatic carbocycles. The number of hydrogen-bond acceptors (Lipinski definition) is 0. The molecule has 1 aliphatic rings. The van der Waals surface area contributed by atoms with Crippen LogP contribution >= 0.6 is 0 Å². The summed E-state index contributed by atoms with van der Waals surface area (Å²) in [7, 11) is 0. The summed E-state index contributed by atoms with van der Waals surface area (Å²) in [6, 6.07) is 0. The van der Waals surface area contributed by atoms with Crippen molar-refractivity contribution in [1.82, 2.24) is 0 Å². The zero-order valence-corrected chi connectivity index (χ0v) is 13.7. The van der Waals surface area contributed by atoms with E-state index in [0.29, 0.717) is 5.41 Å². The van der Waals surface area contributed by atoms with E-state index in [-0.39, 0.29) is 0 Å². The Kier molecular flexibility index (Phi) is 6.21. The van der Waals surface area contributed by atoms with Crippen LogP contribution in [0.1, 0.15) is 86.5 Å². The van der Waals surface area contributed by atoms with Crippen LogP contribution in [0.15, 0.2) is 0 Å². The van der Waals surface area contributed by atoms with Crippen molar-refractivity contribution < 1.29 is 0 Å². The summed E-state index contributed by atoms with van der Waals surface area (Å²) in [5.74, 6) is 4.53. The van der Waals surface area contributed by atoms with Gasteiger partial charge in [-0.2, -0.15) is 0 Å². The van der Waals surface area contributed by atoms with Crippen molar-refractivity contribution in [2.75, 3.05) is 0 Å². The third-order valence-corrected chi connectivity index (χ3v) is 5.24. The average molecular weight is 251 g/mol. The molecule has 1 fully saturated rings. The van der Waals surface area contributed by atoms with Gasteiger partial charge in [-0.15, -0.1) is 0 Å². The molecule has 0 saturated heterocycles. The first-order valence-electron chi connectivity index (χ1n) is 8.31. The standard InChI is InChI=1S/C18H35/c1-7-9-10-16(6)18(13-14(3)4,15(5)8-2)17-11-12-17/h14-15,17H,7-13H2,1-6H3. The zero-order chi connectivity index (χ0) is 13.8. The van der Waals surface area contributed by atoms with Crippen molar-refractivity contribution in [1.29, 1.82) is 0 Å². The van der Waals surface area contributed by atoms with Gasteiger partial charge < -0.3 is 0 Å². The molecule has 0 aromatic rings. The van der Waals surface area contributed by atoms with Gasteiger partial charge in [0.15, 0.2) is 0 Å². The Morgan fingerprint density at radius 2 is 1.78 bits per heavy atom. The molecule has 2 unspecified atom stereocenters. The van der Waals surface area contributed by atoms with E-state index in [1.807, 2.05) is 5.92 Å². The van der Waals surface area contributed by atoms with Crippen molar-refractivity contribution in [3.05, 3.63) is 5.92 Å². The Morgan fingerprint density at radius 1 is 1.17 bits per heavy atom. The van der Waals surface area contributed by atoms with Crippen molar-refractivity contribution in [3.8, 4) is 0 Å². The highest BCUT2D eigenvalue weighted by molar-refractivity contribution is 5.12. The summed E-state index contributed by atoms with van der Waals surface area (Å²) < 4.78 is 0. The molecule has 107 valence electrons. The minimum Gasteiger partial charge on any atom is -0.0654 e. The Labute approximate surface area is 116 Å². The summed E-state index contributed by atoms with van der Waals surface area (Å²) >= 11 is 0. The maximum atomic E-state index is 2.51. The van der Waals surface area contributed by atoms with E-state index < -0.39 is 0 Å². The van der Waals surface area contributed by atoms with E-state index in [0.717, 1.165) is 17.8 Å². The Morgan fingerprint density at radius 3 is 2.17 bits per heavy atom. The van der Waals surface area contributed by atoms with Gasteiger partial charge in [0.05, 0.1) is 0 Å². The Balaban J connectivity index is 2.88. The van der Waals surface area contributed by atoms with Crippen LogP contribution in [-0.2, 0) is 0 Å². The Bertz CT molecular complexity index is 226. The van der Waals surface area contributed by atoms with Gasteiger partial charge in [-0.05, 0) is 54.8 Å². The largest absolute Gasteiger partial charge is 0.0654 e. The van der Waals surface area contributed by atoms with E-state index in [2.05, 4.69) is 41.5 Å². The van der Waals surface area contributed by atoms with Gasteiger partial charge >= 0.3 is 0 Å². The molecule has 1 radical (unpaired) electrons. The zero-order valence-electron chi connectivity index (χ0n) is 13.7. The van der Waals surface area contributed by atoms with Crippen molar-refractivity contribution in [2.24, 2.45) is 23.2 Å². The second-order valence-corrected chi connectivity index (χ2v) is 7.11. The van der Waals surface area contributed by atoms with E-state index >= 15 is 0 Å². The quantitative estimate of drug-likeness (QED) is 0.453. The lowest BCUT2D eigenvalue weighted by Crippen LogP contribution is -2.38. The molecule has 0 spiro atoms. The van der Waals surface area contributed by atoms with Crippen molar-refractivity contribution in [3.63, 3.8) is 0 Å². The molecule has 0 aromatic carbocycles.